The van der Waals surface area contributed by atoms with Crippen LogP contribution in [0.5, 0.6) is 0 Å². The van der Waals surface area contributed by atoms with Crippen molar-refractivity contribution in [2.75, 3.05) is 57.3 Å². The maximum Gasteiger partial charge on any atom is 0.243 e. The number of carbonyl (C=O) groups excluding carboxylic acids is 2. The molecule has 2 amide bonds. The van der Waals surface area contributed by atoms with Crippen LogP contribution in [0.15, 0.2) is 23.1 Å². The second kappa shape index (κ2) is 10.1. The van der Waals surface area contributed by atoms with Gasteiger partial charge in [0.15, 0.2) is 0 Å². The van der Waals surface area contributed by atoms with Crippen molar-refractivity contribution in [3.8, 4) is 0 Å². The second-order valence-corrected chi connectivity index (χ2v) is 11.5. The molecule has 0 aromatic heterocycles. The maximum absolute atomic E-state index is 13.2. The van der Waals surface area contributed by atoms with Gasteiger partial charge < -0.3 is 14.7 Å². The number of aryl methyl sites for hydroxylation is 1. The Morgan fingerprint density at radius 1 is 1.03 bits per heavy atom. The van der Waals surface area contributed by atoms with Crippen LogP contribution in [0, 0.1) is 5.92 Å². The first kappa shape index (κ1) is 24.2. The normalized spacial score (nSPS) is 21.7. The van der Waals surface area contributed by atoms with Gasteiger partial charge >= 0.3 is 0 Å². The molecule has 3 aliphatic rings. The van der Waals surface area contributed by atoms with Gasteiger partial charge in [-0.3, -0.25) is 9.59 Å². The van der Waals surface area contributed by atoms with Gasteiger partial charge in [0.05, 0.1) is 4.90 Å². The number of rotatable bonds is 5. The van der Waals surface area contributed by atoms with E-state index in [-0.39, 0.29) is 23.3 Å². The first-order chi connectivity index (χ1) is 15.8. The third-order valence-corrected chi connectivity index (χ3v) is 9.22. The molecule has 1 aromatic rings. The highest BCUT2D eigenvalue weighted by Crippen LogP contribution is 2.31. The monoisotopic (exact) mass is 476 g/mol. The highest BCUT2D eigenvalue weighted by Gasteiger charge is 2.31. The van der Waals surface area contributed by atoms with Crippen molar-refractivity contribution in [2.24, 2.45) is 5.92 Å². The Morgan fingerprint density at radius 3 is 2.39 bits per heavy atom. The Bertz CT molecular complexity index is 980. The first-order valence-corrected chi connectivity index (χ1v) is 13.7. The number of sulfonamides is 1. The predicted octanol–water partition coefficient (Wildman–Crippen LogP) is 1.94. The van der Waals surface area contributed by atoms with Crippen molar-refractivity contribution < 1.29 is 18.0 Å². The molecule has 2 saturated heterocycles. The standard InChI is InChI=1S/C24H36N4O4S/c1-3-25-13-15-26(16-14-25)24(30)18-28-22-8-7-21(17-20(22)5-4-6-23(28)29)33(31,32)27-11-9-19(2)10-12-27/h7-8,17,19H,3-6,9-16,18H2,1-2H3. The van der Waals surface area contributed by atoms with Gasteiger partial charge in [0.25, 0.3) is 0 Å². The number of fused-ring (bicyclic) bond motifs is 1. The average molecular weight is 477 g/mol. The van der Waals surface area contributed by atoms with E-state index in [4.69, 9.17) is 0 Å². The minimum absolute atomic E-state index is 0.00800. The number of piperidine rings is 1. The third-order valence-electron chi connectivity index (χ3n) is 7.33. The summed E-state index contributed by atoms with van der Waals surface area (Å²) in [5.41, 5.74) is 1.50. The van der Waals surface area contributed by atoms with Gasteiger partial charge in [-0.05, 0) is 61.9 Å². The molecule has 182 valence electrons. The first-order valence-electron chi connectivity index (χ1n) is 12.2. The SMILES string of the molecule is CCN1CCN(C(=O)CN2C(=O)CCCc3cc(S(=O)(=O)N4CCC(C)CC4)ccc32)CC1. The van der Waals surface area contributed by atoms with Crippen molar-refractivity contribution in [3.63, 3.8) is 0 Å². The lowest BCUT2D eigenvalue weighted by Crippen LogP contribution is -2.51. The lowest BCUT2D eigenvalue weighted by molar-refractivity contribution is -0.133. The average Bonchev–Trinajstić information content (AvgIpc) is 2.97. The summed E-state index contributed by atoms with van der Waals surface area (Å²) in [6, 6.07) is 5.04. The fourth-order valence-corrected chi connectivity index (χ4v) is 6.50. The summed E-state index contributed by atoms with van der Waals surface area (Å²) in [4.78, 5) is 31.9. The van der Waals surface area contributed by atoms with E-state index in [1.54, 1.807) is 27.4 Å². The fraction of sp³-hybridized carbons (Fsp3) is 0.667. The van der Waals surface area contributed by atoms with Crippen LogP contribution in [0.25, 0.3) is 0 Å². The topological polar surface area (TPSA) is 81.2 Å². The molecule has 0 bridgehead atoms. The van der Waals surface area contributed by atoms with Crippen LogP contribution in [0.2, 0.25) is 0 Å². The van der Waals surface area contributed by atoms with Gasteiger partial charge in [0, 0.05) is 51.4 Å². The van der Waals surface area contributed by atoms with E-state index in [0.29, 0.717) is 57.0 Å². The van der Waals surface area contributed by atoms with E-state index in [0.717, 1.165) is 38.0 Å². The Hall–Kier alpha value is -1.97. The highest BCUT2D eigenvalue weighted by molar-refractivity contribution is 7.89. The Kier molecular flexibility index (Phi) is 7.40. The van der Waals surface area contributed by atoms with E-state index in [1.165, 1.54) is 0 Å². The Balaban J connectivity index is 1.53. The molecule has 0 spiro atoms. The number of likely N-dealkylation sites (N-methyl/N-ethyl adjacent to an activating group) is 1. The second-order valence-electron chi connectivity index (χ2n) is 9.53. The molecule has 2 fully saturated rings. The lowest BCUT2D eigenvalue weighted by Gasteiger charge is -2.35. The summed E-state index contributed by atoms with van der Waals surface area (Å²) in [7, 11) is -3.56. The van der Waals surface area contributed by atoms with Crippen LogP contribution in [-0.2, 0) is 26.0 Å². The molecule has 0 N–H and O–H groups in total. The molecule has 0 radical (unpaired) electrons. The molecule has 9 heteroatoms. The van der Waals surface area contributed by atoms with Crippen LogP contribution in [0.1, 0.15) is 45.1 Å². The summed E-state index contributed by atoms with van der Waals surface area (Å²) in [6.45, 7) is 9.40. The zero-order chi connectivity index (χ0) is 23.6. The van der Waals surface area contributed by atoms with Crippen LogP contribution in [0.4, 0.5) is 5.69 Å². The van der Waals surface area contributed by atoms with Gasteiger partial charge in [-0.2, -0.15) is 4.31 Å². The molecule has 3 aliphatic heterocycles. The van der Waals surface area contributed by atoms with Crippen LogP contribution in [-0.4, -0.2) is 86.7 Å². The van der Waals surface area contributed by atoms with Gasteiger partial charge in [0.2, 0.25) is 21.8 Å². The Labute approximate surface area is 197 Å². The maximum atomic E-state index is 13.2. The molecule has 33 heavy (non-hydrogen) atoms. The largest absolute Gasteiger partial charge is 0.339 e. The van der Waals surface area contributed by atoms with Gasteiger partial charge in [-0.15, -0.1) is 0 Å². The predicted molar refractivity (Wildman–Crippen MR) is 128 cm³/mol. The molecule has 0 unspecified atom stereocenters. The zero-order valence-electron chi connectivity index (χ0n) is 19.8. The number of piperazine rings is 1. The number of anilines is 1. The minimum atomic E-state index is -3.56. The van der Waals surface area contributed by atoms with Gasteiger partial charge in [-0.25, -0.2) is 8.42 Å². The van der Waals surface area contributed by atoms with Crippen LogP contribution in [0.3, 0.4) is 0 Å². The zero-order valence-corrected chi connectivity index (χ0v) is 20.6. The van der Waals surface area contributed by atoms with Crippen molar-refractivity contribution in [1.82, 2.24) is 14.1 Å². The molecule has 4 rings (SSSR count). The molecule has 8 nitrogen and oxygen atoms in total. The van der Waals surface area contributed by atoms with Gasteiger partial charge in [-0.1, -0.05) is 13.8 Å². The highest BCUT2D eigenvalue weighted by atomic mass is 32.2. The van der Waals surface area contributed by atoms with Crippen LogP contribution < -0.4 is 4.90 Å². The lowest BCUT2D eigenvalue weighted by atomic mass is 10.0. The molecule has 0 saturated carbocycles. The van der Waals surface area contributed by atoms with Crippen molar-refractivity contribution >= 4 is 27.5 Å². The van der Waals surface area contributed by atoms with Crippen LogP contribution >= 0.6 is 0 Å². The smallest absolute Gasteiger partial charge is 0.243 e. The van der Waals surface area contributed by atoms with E-state index >= 15 is 0 Å². The number of nitrogens with zero attached hydrogens (tertiary/aromatic N) is 4. The summed E-state index contributed by atoms with van der Waals surface area (Å²) in [5, 5.41) is 0. The minimum Gasteiger partial charge on any atom is -0.339 e. The van der Waals surface area contributed by atoms with Crippen molar-refractivity contribution in [3.05, 3.63) is 23.8 Å². The fourth-order valence-electron chi connectivity index (χ4n) is 4.98. The van der Waals surface area contributed by atoms with Crippen molar-refractivity contribution in [2.45, 2.75) is 50.8 Å². The third kappa shape index (κ3) is 5.25. The number of carbonyl (C=O) groups is 2. The molecular formula is C24H36N4O4S. The molecular weight excluding hydrogens is 440 g/mol. The summed E-state index contributed by atoms with van der Waals surface area (Å²) in [6.07, 6.45) is 3.39. The molecule has 0 aliphatic carbocycles. The van der Waals surface area contributed by atoms with Crippen molar-refractivity contribution in [1.29, 1.82) is 0 Å². The summed E-state index contributed by atoms with van der Waals surface area (Å²) < 4.78 is 28.0. The number of hydrogen-bond donors (Lipinski definition) is 0. The van der Waals surface area contributed by atoms with E-state index in [2.05, 4.69) is 18.7 Å². The number of benzene rings is 1. The van der Waals surface area contributed by atoms with E-state index < -0.39 is 10.0 Å². The number of amides is 2. The summed E-state index contributed by atoms with van der Waals surface area (Å²) in [5.74, 6) is 0.423. The molecule has 0 atom stereocenters. The van der Waals surface area contributed by atoms with Gasteiger partial charge in [0.1, 0.15) is 6.54 Å². The van der Waals surface area contributed by atoms with E-state index in [1.807, 2.05) is 4.90 Å². The molecule has 1 aromatic carbocycles. The summed E-state index contributed by atoms with van der Waals surface area (Å²) >= 11 is 0. The quantitative estimate of drug-likeness (QED) is 0.649. The Morgan fingerprint density at radius 2 is 1.73 bits per heavy atom. The molecule has 3 heterocycles. The number of hydrogen-bond acceptors (Lipinski definition) is 5. The van der Waals surface area contributed by atoms with E-state index in [9.17, 15) is 18.0 Å².